The average molecular weight is 335 g/mol. The summed E-state index contributed by atoms with van der Waals surface area (Å²) in [4.78, 5) is 17.8. The molecule has 24 heavy (non-hydrogen) atoms. The summed E-state index contributed by atoms with van der Waals surface area (Å²) in [5, 5.41) is 3.91. The highest BCUT2D eigenvalue weighted by molar-refractivity contribution is 5.68. The Morgan fingerprint density at radius 3 is 2.54 bits per heavy atom. The van der Waals surface area contributed by atoms with E-state index in [-0.39, 0.29) is 11.9 Å². The first kappa shape index (κ1) is 17.9. The van der Waals surface area contributed by atoms with Crippen LogP contribution in [0.25, 0.3) is 11.5 Å². The quantitative estimate of drug-likeness (QED) is 0.852. The Labute approximate surface area is 140 Å². The van der Waals surface area contributed by atoms with E-state index in [1.165, 1.54) is 17.0 Å². The summed E-state index contributed by atoms with van der Waals surface area (Å²) in [6.07, 6.45) is 0.0118. The van der Waals surface area contributed by atoms with Crippen LogP contribution in [-0.4, -0.2) is 39.8 Å². The Morgan fingerprint density at radius 2 is 1.96 bits per heavy atom. The molecular weight excluding hydrogens is 313 g/mol. The van der Waals surface area contributed by atoms with Crippen molar-refractivity contribution in [3.8, 4) is 11.5 Å². The van der Waals surface area contributed by atoms with Gasteiger partial charge in [0.25, 0.3) is 5.89 Å². The number of hydrogen-bond acceptors (Lipinski definition) is 5. The fourth-order valence-electron chi connectivity index (χ4n) is 1.96. The standard InChI is InChI=1S/C17H22FN3O3/c1-11(21(5)16(22)23-17(2,3)4)10-14-19-15(24-20-14)12-6-8-13(18)9-7-12/h6-9,11H,10H2,1-5H3/t11-/m0/s1. The summed E-state index contributed by atoms with van der Waals surface area (Å²) >= 11 is 0. The normalized spacial score (nSPS) is 12.8. The van der Waals surface area contributed by atoms with E-state index in [9.17, 15) is 9.18 Å². The third-order valence-electron chi connectivity index (χ3n) is 3.38. The predicted molar refractivity (Wildman–Crippen MR) is 86.9 cm³/mol. The van der Waals surface area contributed by atoms with E-state index in [4.69, 9.17) is 9.26 Å². The highest BCUT2D eigenvalue weighted by atomic mass is 19.1. The van der Waals surface area contributed by atoms with Crippen molar-refractivity contribution in [2.45, 2.75) is 45.8 Å². The Bertz CT molecular complexity index is 692. The summed E-state index contributed by atoms with van der Waals surface area (Å²) in [6, 6.07) is 5.64. The second-order valence-corrected chi connectivity index (χ2v) is 6.67. The molecule has 2 rings (SSSR count). The van der Waals surface area contributed by atoms with E-state index in [1.54, 1.807) is 19.2 Å². The number of halogens is 1. The summed E-state index contributed by atoms with van der Waals surface area (Å²) in [5.41, 5.74) is 0.0933. The van der Waals surface area contributed by atoms with Gasteiger partial charge in [-0.25, -0.2) is 9.18 Å². The third kappa shape index (κ3) is 4.78. The van der Waals surface area contributed by atoms with Crippen molar-refractivity contribution in [2.75, 3.05) is 7.05 Å². The van der Waals surface area contributed by atoms with Crippen molar-refractivity contribution in [3.05, 3.63) is 35.9 Å². The molecule has 1 heterocycles. The van der Waals surface area contributed by atoms with Crippen LogP contribution in [0.4, 0.5) is 9.18 Å². The van der Waals surface area contributed by atoms with E-state index < -0.39 is 11.7 Å². The number of amides is 1. The first-order valence-electron chi connectivity index (χ1n) is 7.70. The Balaban J connectivity index is 2.01. The topological polar surface area (TPSA) is 68.5 Å². The second-order valence-electron chi connectivity index (χ2n) is 6.67. The number of hydrogen-bond donors (Lipinski definition) is 0. The Kier molecular flexibility index (Phi) is 5.21. The molecule has 1 aromatic heterocycles. The summed E-state index contributed by atoms with van der Waals surface area (Å²) in [5.74, 6) is 0.459. The number of nitrogens with zero attached hydrogens (tertiary/aromatic N) is 3. The molecule has 0 fully saturated rings. The van der Waals surface area contributed by atoms with Gasteiger partial charge in [-0.05, 0) is 52.0 Å². The molecule has 0 saturated carbocycles. The van der Waals surface area contributed by atoms with Crippen molar-refractivity contribution in [3.63, 3.8) is 0 Å². The second kappa shape index (κ2) is 6.98. The molecule has 0 aliphatic rings. The van der Waals surface area contributed by atoms with Crippen molar-refractivity contribution < 1.29 is 18.4 Å². The Hall–Kier alpha value is -2.44. The molecule has 0 N–H and O–H groups in total. The van der Waals surface area contributed by atoms with Gasteiger partial charge in [0.15, 0.2) is 5.82 Å². The lowest BCUT2D eigenvalue weighted by atomic mass is 10.2. The first-order chi connectivity index (χ1) is 11.2. The van der Waals surface area contributed by atoms with Crippen LogP contribution in [0.15, 0.2) is 28.8 Å². The molecule has 0 saturated heterocycles. The van der Waals surface area contributed by atoms with Crippen LogP contribution < -0.4 is 0 Å². The SMILES string of the molecule is C[C@@H](Cc1noc(-c2ccc(F)cc2)n1)N(C)C(=O)OC(C)(C)C. The molecule has 1 atom stereocenters. The number of carbonyl (C=O) groups excluding carboxylic acids is 1. The average Bonchev–Trinajstić information content (AvgIpc) is 2.93. The van der Waals surface area contributed by atoms with Crippen LogP contribution in [-0.2, 0) is 11.2 Å². The molecule has 1 aromatic carbocycles. The van der Waals surface area contributed by atoms with Crippen molar-refractivity contribution in [2.24, 2.45) is 0 Å². The molecule has 0 radical (unpaired) electrons. The maximum absolute atomic E-state index is 12.9. The van der Waals surface area contributed by atoms with E-state index >= 15 is 0 Å². The minimum absolute atomic E-state index is 0.168. The fraction of sp³-hybridized carbons (Fsp3) is 0.471. The van der Waals surface area contributed by atoms with E-state index in [1.807, 2.05) is 27.7 Å². The maximum atomic E-state index is 12.9. The molecule has 0 spiro atoms. The van der Waals surface area contributed by atoms with Gasteiger partial charge in [-0.2, -0.15) is 4.98 Å². The van der Waals surface area contributed by atoms with Gasteiger partial charge in [-0.15, -0.1) is 0 Å². The lowest BCUT2D eigenvalue weighted by Gasteiger charge is -2.28. The monoisotopic (exact) mass is 335 g/mol. The van der Waals surface area contributed by atoms with Crippen molar-refractivity contribution in [1.82, 2.24) is 15.0 Å². The summed E-state index contributed by atoms with van der Waals surface area (Å²) in [7, 11) is 1.67. The van der Waals surface area contributed by atoms with Crippen LogP contribution in [0.2, 0.25) is 0 Å². The largest absolute Gasteiger partial charge is 0.444 e. The van der Waals surface area contributed by atoms with Crippen LogP contribution in [0, 0.1) is 5.82 Å². The van der Waals surface area contributed by atoms with Gasteiger partial charge in [0, 0.05) is 25.1 Å². The van der Waals surface area contributed by atoms with E-state index in [0.29, 0.717) is 23.7 Å². The smallest absolute Gasteiger partial charge is 0.410 e. The van der Waals surface area contributed by atoms with E-state index in [0.717, 1.165) is 0 Å². The van der Waals surface area contributed by atoms with Gasteiger partial charge < -0.3 is 14.2 Å². The first-order valence-corrected chi connectivity index (χ1v) is 7.70. The number of carbonyl (C=O) groups is 1. The zero-order chi connectivity index (χ0) is 17.9. The number of benzene rings is 1. The molecule has 6 nitrogen and oxygen atoms in total. The van der Waals surface area contributed by atoms with E-state index in [2.05, 4.69) is 10.1 Å². The van der Waals surface area contributed by atoms with Crippen LogP contribution in [0.3, 0.4) is 0 Å². The summed E-state index contributed by atoms with van der Waals surface area (Å²) in [6.45, 7) is 7.32. The third-order valence-corrected chi connectivity index (χ3v) is 3.38. The van der Waals surface area contributed by atoms with Crippen molar-refractivity contribution >= 4 is 6.09 Å². The maximum Gasteiger partial charge on any atom is 0.410 e. The van der Waals surface area contributed by atoms with Gasteiger partial charge in [0.05, 0.1) is 0 Å². The van der Waals surface area contributed by atoms with Gasteiger partial charge in [-0.3, -0.25) is 0 Å². The van der Waals surface area contributed by atoms with Crippen LogP contribution >= 0.6 is 0 Å². The number of ether oxygens (including phenoxy) is 1. The van der Waals surface area contributed by atoms with Crippen LogP contribution in [0.1, 0.15) is 33.5 Å². The number of aromatic nitrogens is 2. The predicted octanol–water partition coefficient (Wildman–Crippen LogP) is 3.67. The molecule has 0 aliphatic heterocycles. The highest BCUT2D eigenvalue weighted by Gasteiger charge is 2.24. The van der Waals surface area contributed by atoms with Gasteiger partial charge in [0.2, 0.25) is 0 Å². The lowest BCUT2D eigenvalue weighted by molar-refractivity contribution is 0.0234. The van der Waals surface area contributed by atoms with Crippen LogP contribution in [0.5, 0.6) is 0 Å². The minimum atomic E-state index is -0.549. The lowest BCUT2D eigenvalue weighted by Crippen LogP contribution is -2.40. The molecule has 0 bridgehead atoms. The zero-order valence-electron chi connectivity index (χ0n) is 14.5. The van der Waals surface area contributed by atoms with Gasteiger partial charge in [-0.1, -0.05) is 5.16 Å². The number of likely N-dealkylation sites (N-methyl/N-ethyl adjacent to an activating group) is 1. The highest BCUT2D eigenvalue weighted by Crippen LogP contribution is 2.18. The van der Waals surface area contributed by atoms with Gasteiger partial charge in [0.1, 0.15) is 11.4 Å². The number of rotatable bonds is 4. The molecule has 0 aliphatic carbocycles. The molecule has 1 amide bonds. The molecular formula is C17H22FN3O3. The zero-order valence-corrected chi connectivity index (χ0v) is 14.5. The van der Waals surface area contributed by atoms with Crippen molar-refractivity contribution in [1.29, 1.82) is 0 Å². The Morgan fingerprint density at radius 1 is 1.33 bits per heavy atom. The molecule has 0 unspecified atom stereocenters. The summed E-state index contributed by atoms with van der Waals surface area (Å²) < 4.78 is 23.5. The molecule has 130 valence electrons. The molecule has 2 aromatic rings. The molecule has 7 heteroatoms. The minimum Gasteiger partial charge on any atom is -0.444 e. The fourth-order valence-corrected chi connectivity index (χ4v) is 1.96. The van der Waals surface area contributed by atoms with Gasteiger partial charge >= 0.3 is 6.09 Å².